The molecule has 0 unspecified atom stereocenters. The van der Waals surface area contributed by atoms with Gasteiger partial charge in [-0.2, -0.15) is 13.2 Å². The summed E-state index contributed by atoms with van der Waals surface area (Å²) in [4.78, 5) is 13.3. The van der Waals surface area contributed by atoms with E-state index in [2.05, 4.69) is 31.4 Å². The maximum atomic E-state index is 13.3. The van der Waals surface area contributed by atoms with Crippen LogP contribution >= 0.6 is 0 Å². The molecular weight excluding hydrogens is 470 g/mol. The van der Waals surface area contributed by atoms with Crippen LogP contribution in [0.1, 0.15) is 58.4 Å². The number of amides is 1. The van der Waals surface area contributed by atoms with E-state index >= 15 is 0 Å². The van der Waals surface area contributed by atoms with Crippen molar-refractivity contribution in [1.29, 1.82) is 0 Å². The largest absolute Gasteiger partial charge is 0.482 e. The van der Waals surface area contributed by atoms with Crippen LogP contribution in [0.5, 0.6) is 0 Å². The van der Waals surface area contributed by atoms with E-state index in [0.29, 0.717) is 37.6 Å². The quantitative estimate of drug-likeness (QED) is 0.314. The maximum absolute atomic E-state index is 13.3. The summed E-state index contributed by atoms with van der Waals surface area (Å²) in [5, 5.41) is 5.40. The number of alkyl halides is 3. The molecule has 200 valence electrons. The van der Waals surface area contributed by atoms with Crippen LogP contribution in [0, 0.1) is 17.3 Å². The predicted octanol–water partition coefficient (Wildman–Crippen LogP) is 3.63. The fraction of sp³-hybridized carbons (Fsp3) is 0.731. The highest BCUT2D eigenvalue weighted by atomic mass is 19.4. The highest BCUT2D eigenvalue weighted by Crippen LogP contribution is 2.65. The van der Waals surface area contributed by atoms with Crippen molar-refractivity contribution in [1.82, 2.24) is 10.6 Å². The molecule has 6 atom stereocenters. The Morgan fingerprint density at radius 3 is 2.56 bits per heavy atom. The standard InChI is InChI=1S/C26H39BF3N3O3/c1-24(2)18-14-20(24)25(3)21(15-18)35-27(36-25)22(13-17-9-5-4-6-10-17)33-23(34)19(11-7-8-12-31)32-16-26(28,29)30/h4-6,9-10,18-22,32H,7-8,11-16,31H2,1-3H3,(H,33,34)/t18-,19-,20-,21+,22-,25-/m0/s1. The Morgan fingerprint density at radius 2 is 1.92 bits per heavy atom. The zero-order valence-corrected chi connectivity index (χ0v) is 21.4. The minimum absolute atomic E-state index is 0.0573. The first kappa shape index (κ1) is 27.4. The Bertz CT molecular complexity index is 903. The second-order valence-corrected chi connectivity index (χ2v) is 11.5. The average molecular weight is 509 g/mol. The number of hydrogen-bond donors (Lipinski definition) is 3. The molecule has 0 aromatic heterocycles. The van der Waals surface area contributed by atoms with Gasteiger partial charge in [0.2, 0.25) is 5.91 Å². The molecule has 1 saturated heterocycles. The third kappa shape index (κ3) is 5.77. The van der Waals surface area contributed by atoms with Crippen LogP contribution in [0.2, 0.25) is 0 Å². The Labute approximate surface area is 212 Å². The van der Waals surface area contributed by atoms with Gasteiger partial charge in [-0.05, 0) is 68.4 Å². The molecule has 3 saturated carbocycles. The molecule has 4 fully saturated rings. The van der Waals surface area contributed by atoms with Crippen LogP contribution in [-0.2, 0) is 20.5 Å². The highest BCUT2D eigenvalue weighted by molar-refractivity contribution is 6.48. The van der Waals surface area contributed by atoms with E-state index in [4.69, 9.17) is 15.0 Å². The molecule has 5 rings (SSSR count). The number of benzene rings is 1. The number of nitrogens with two attached hydrogens (primary N) is 1. The second-order valence-electron chi connectivity index (χ2n) is 11.5. The summed E-state index contributed by atoms with van der Waals surface area (Å²) in [6.45, 7) is 5.87. The van der Waals surface area contributed by atoms with Gasteiger partial charge in [-0.25, -0.2) is 0 Å². The molecule has 4 N–H and O–H groups in total. The van der Waals surface area contributed by atoms with E-state index in [1.807, 2.05) is 30.3 Å². The third-order valence-corrected chi connectivity index (χ3v) is 8.74. The summed E-state index contributed by atoms with van der Waals surface area (Å²) in [7, 11) is -0.674. The highest BCUT2D eigenvalue weighted by Gasteiger charge is 2.68. The number of hydrogen-bond acceptors (Lipinski definition) is 5. The lowest BCUT2D eigenvalue weighted by Crippen LogP contribution is -2.65. The minimum atomic E-state index is -4.41. The molecule has 1 heterocycles. The first-order chi connectivity index (χ1) is 16.9. The molecule has 6 nitrogen and oxygen atoms in total. The van der Waals surface area contributed by atoms with Gasteiger partial charge >= 0.3 is 13.3 Å². The topological polar surface area (TPSA) is 85.6 Å². The van der Waals surface area contributed by atoms with E-state index in [1.165, 1.54) is 0 Å². The van der Waals surface area contributed by atoms with Gasteiger partial charge in [0, 0.05) is 0 Å². The summed E-state index contributed by atoms with van der Waals surface area (Å²) < 4.78 is 51.8. The number of nitrogens with one attached hydrogen (secondary N) is 2. The molecule has 1 aliphatic heterocycles. The Kier molecular flexibility index (Phi) is 8.10. The van der Waals surface area contributed by atoms with Crippen LogP contribution in [0.4, 0.5) is 13.2 Å². The zero-order chi connectivity index (χ0) is 26.1. The van der Waals surface area contributed by atoms with Gasteiger partial charge in [0.05, 0.1) is 30.2 Å². The Balaban J connectivity index is 1.50. The van der Waals surface area contributed by atoms with Gasteiger partial charge in [-0.1, -0.05) is 50.6 Å². The molecule has 1 aromatic carbocycles. The summed E-state index contributed by atoms with van der Waals surface area (Å²) in [5.74, 6) is -0.0609. The molecule has 1 amide bonds. The SMILES string of the molecule is CC1(C)[C@@H]2C[C@H]3OB([C@H](Cc4ccccc4)NC(=O)[C@H](CCCCN)NCC(F)(F)F)O[C@@]3(C)[C@H]1C2. The van der Waals surface area contributed by atoms with Crippen molar-refractivity contribution < 1.29 is 27.3 Å². The lowest BCUT2D eigenvalue weighted by molar-refractivity contribution is -0.199. The van der Waals surface area contributed by atoms with Crippen molar-refractivity contribution in [2.75, 3.05) is 13.1 Å². The van der Waals surface area contributed by atoms with Crippen LogP contribution < -0.4 is 16.4 Å². The van der Waals surface area contributed by atoms with Crippen LogP contribution in [0.15, 0.2) is 30.3 Å². The lowest BCUT2D eigenvalue weighted by Gasteiger charge is -2.64. The minimum Gasteiger partial charge on any atom is -0.404 e. The van der Waals surface area contributed by atoms with E-state index < -0.39 is 43.3 Å². The van der Waals surface area contributed by atoms with Crippen molar-refractivity contribution in [3.8, 4) is 0 Å². The number of unbranched alkanes of at least 4 members (excludes halogenated alkanes) is 1. The molecule has 0 radical (unpaired) electrons. The van der Waals surface area contributed by atoms with E-state index in [-0.39, 0.29) is 17.9 Å². The normalized spacial score (nSPS) is 30.3. The van der Waals surface area contributed by atoms with Crippen LogP contribution in [0.25, 0.3) is 0 Å². The van der Waals surface area contributed by atoms with E-state index in [0.717, 1.165) is 18.4 Å². The fourth-order valence-electron chi connectivity index (χ4n) is 6.50. The Morgan fingerprint density at radius 1 is 1.19 bits per heavy atom. The Hall–Kier alpha value is -1.62. The number of carbonyl (C=O) groups excluding carboxylic acids is 1. The van der Waals surface area contributed by atoms with Gasteiger partial charge in [0.1, 0.15) is 0 Å². The van der Waals surface area contributed by atoms with E-state index in [9.17, 15) is 18.0 Å². The molecular formula is C26H39BF3N3O3. The summed E-state index contributed by atoms with van der Waals surface area (Å²) >= 11 is 0. The van der Waals surface area contributed by atoms with Crippen molar-refractivity contribution in [2.24, 2.45) is 23.0 Å². The molecule has 2 bridgehead atoms. The van der Waals surface area contributed by atoms with Crippen molar-refractivity contribution in [3.63, 3.8) is 0 Å². The van der Waals surface area contributed by atoms with Gasteiger partial charge in [0.25, 0.3) is 0 Å². The average Bonchev–Trinajstić information content (AvgIpc) is 3.18. The number of carbonyl (C=O) groups is 1. The fourth-order valence-corrected chi connectivity index (χ4v) is 6.50. The van der Waals surface area contributed by atoms with Crippen molar-refractivity contribution in [3.05, 3.63) is 35.9 Å². The molecule has 36 heavy (non-hydrogen) atoms. The monoisotopic (exact) mass is 509 g/mol. The molecule has 4 aliphatic rings. The van der Waals surface area contributed by atoms with Crippen molar-refractivity contribution >= 4 is 13.0 Å². The number of halogens is 3. The first-order valence-electron chi connectivity index (χ1n) is 13.1. The molecule has 3 aliphatic carbocycles. The molecule has 0 spiro atoms. The molecule has 1 aromatic rings. The number of rotatable bonds is 11. The second kappa shape index (κ2) is 10.6. The van der Waals surface area contributed by atoms with Gasteiger partial charge in [-0.3, -0.25) is 10.1 Å². The summed E-state index contributed by atoms with van der Waals surface area (Å²) in [6.07, 6.45) is -0.540. The van der Waals surface area contributed by atoms with Crippen LogP contribution in [-0.4, -0.2) is 56.0 Å². The van der Waals surface area contributed by atoms with Gasteiger partial charge < -0.3 is 20.4 Å². The predicted molar refractivity (Wildman–Crippen MR) is 133 cm³/mol. The summed E-state index contributed by atoms with van der Waals surface area (Å²) in [6, 6.07) is 8.70. The third-order valence-electron chi connectivity index (χ3n) is 8.74. The van der Waals surface area contributed by atoms with Crippen molar-refractivity contribution in [2.45, 2.75) is 89.2 Å². The van der Waals surface area contributed by atoms with Gasteiger partial charge in [0.15, 0.2) is 0 Å². The van der Waals surface area contributed by atoms with Gasteiger partial charge in [-0.15, -0.1) is 0 Å². The molecule has 10 heteroatoms. The first-order valence-corrected chi connectivity index (χ1v) is 13.1. The van der Waals surface area contributed by atoms with Crippen LogP contribution in [0.3, 0.4) is 0 Å². The van der Waals surface area contributed by atoms with E-state index in [1.54, 1.807) is 0 Å². The smallest absolute Gasteiger partial charge is 0.404 e. The summed E-state index contributed by atoms with van der Waals surface area (Å²) in [5.41, 5.74) is 6.27. The maximum Gasteiger partial charge on any atom is 0.482 e. The zero-order valence-electron chi connectivity index (χ0n) is 21.4. The lowest BCUT2D eigenvalue weighted by atomic mass is 9.43.